The van der Waals surface area contributed by atoms with Gasteiger partial charge in [0.25, 0.3) is 11.8 Å². The van der Waals surface area contributed by atoms with Crippen molar-refractivity contribution in [3.8, 4) is 0 Å². The summed E-state index contributed by atoms with van der Waals surface area (Å²) in [6.45, 7) is 10.8. The van der Waals surface area contributed by atoms with Crippen molar-refractivity contribution in [1.29, 1.82) is 0 Å². The lowest BCUT2D eigenvalue weighted by molar-refractivity contribution is -0.150. The number of hydrogen-bond donors (Lipinski definition) is 4. The van der Waals surface area contributed by atoms with Crippen LogP contribution in [0.1, 0.15) is 32.0 Å². The zero-order valence-corrected chi connectivity index (χ0v) is 27.8. The van der Waals surface area contributed by atoms with Crippen molar-refractivity contribution < 1.29 is 48.6 Å². The van der Waals surface area contributed by atoms with E-state index in [0.29, 0.717) is 48.7 Å². The molecule has 4 amide bonds. The molecule has 0 saturated carbocycles. The van der Waals surface area contributed by atoms with Crippen LogP contribution in [-0.4, -0.2) is 125 Å². The summed E-state index contributed by atoms with van der Waals surface area (Å²) in [6, 6.07) is -0.944. The zero-order valence-electron chi connectivity index (χ0n) is 26.1. The van der Waals surface area contributed by atoms with Gasteiger partial charge in [-0.05, 0) is 30.9 Å². The Hall–Kier alpha value is -5.24. The number of hydrogen-bond acceptors (Lipinski definition) is 15. The highest BCUT2D eigenvalue weighted by Crippen LogP contribution is 2.40. The van der Waals surface area contributed by atoms with E-state index in [2.05, 4.69) is 33.0 Å². The standard InChI is InChI=1S/C16H20N2O5.C13H12N6O5S2/c1-10-3-6-18(15(10)20)12-4-5-17(8-12)16(21)22-9-13-11(2)7-14(19)23-13;1-2-4-3-25-11-6(10(21)19(11)7(4)12(22)23)15-9(20)5(17-24)8-16-13(14)26-18-8/h12H,1,3-9H2,2H3;2,6,11,24H,1,3H2,(H,15,20)(H,22,23)(H2,14,16,18)/b;17-5-/t12-;6-,11-/m11/s1. The zero-order chi connectivity index (χ0) is 35.6. The number of thioether (sulfide) groups is 1. The average molecular weight is 717 g/mol. The minimum Gasteiger partial charge on any atom is -0.477 e. The molecule has 5 N–H and O–H groups in total. The lowest BCUT2D eigenvalue weighted by Gasteiger charge is -2.49. The Balaban J connectivity index is 0.000000192. The van der Waals surface area contributed by atoms with Gasteiger partial charge in [-0.25, -0.2) is 9.59 Å². The van der Waals surface area contributed by atoms with Gasteiger partial charge in [-0.3, -0.25) is 24.1 Å². The molecular weight excluding hydrogens is 684 g/mol. The summed E-state index contributed by atoms with van der Waals surface area (Å²) in [5.41, 5.74) is 6.65. The summed E-state index contributed by atoms with van der Waals surface area (Å²) >= 11 is 2.10. The number of β-lactam (4-membered cyclic amide) rings is 1. The number of ether oxygens (including phenoxy) is 2. The van der Waals surface area contributed by atoms with E-state index in [4.69, 9.17) is 20.4 Å². The predicted octanol–water partition coefficient (Wildman–Crippen LogP) is 0.430. The Kier molecular flexibility index (Phi) is 10.4. The summed E-state index contributed by atoms with van der Waals surface area (Å²) in [7, 11) is 0. The number of carboxylic acid groups (broad SMARTS) is 1. The van der Waals surface area contributed by atoms with Crippen molar-refractivity contribution in [3.05, 3.63) is 53.2 Å². The summed E-state index contributed by atoms with van der Waals surface area (Å²) in [5.74, 6) is -2.46. The third kappa shape index (κ3) is 7.14. The minimum atomic E-state index is -1.25. The van der Waals surface area contributed by atoms with Crippen LogP contribution in [0.25, 0.3) is 0 Å². The third-order valence-corrected chi connectivity index (χ3v) is 10.1. The van der Waals surface area contributed by atoms with Gasteiger partial charge in [0.2, 0.25) is 17.4 Å². The molecule has 1 aromatic rings. The van der Waals surface area contributed by atoms with Crippen molar-refractivity contribution in [2.24, 2.45) is 5.16 Å². The molecule has 18 nitrogen and oxygen atoms in total. The van der Waals surface area contributed by atoms with E-state index < -0.39 is 41.0 Å². The molecule has 20 heteroatoms. The number of carboxylic acids is 1. The first-order valence-electron chi connectivity index (χ1n) is 14.8. The fraction of sp³-hybridized carbons (Fsp3) is 0.414. The van der Waals surface area contributed by atoms with Crippen LogP contribution in [0.15, 0.2) is 52.6 Å². The summed E-state index contributed by atoms with van der Waals surface area (Å²) in [6.07, 6.45) is 2.63. The number of aliphatic carboxylic acids is 1. The van der Waals surface area contributed by atoms with Gasteiger partial charge in [-0.2, -0.15) is 9.36 Å². The van der Waals surface area contributed by atoms with E-state index in [1.165, 1.54) is 17.8 Å². The Labute approximate surface area is 287 Å². The molecule has 5 aliphatic rings. The molecule has 3 saturated heterocycles. The first-order valence-corrected chi connectivity index (χ1v) is 16.6. The highest BCUT2D eigenvalue weighted by molar-refractivity contribution is 8.00. The number of amides is 4. The molecule has 49 heavy (non-hydrogen) atoms. The van der Waals surface area contributed by atoms with Crippen LogP contribution >= 0.6 is 23.3 Å². The lowest BCUT2D eigenvalue weighted by atomic mass is 10.0. The van der Waals surface area contributed by atoms with E-state index in [1.54, 1.807) is 16.7 Å². The highest BCUT2D eigenvalue weighted by Gasteiger charge is 2.54. The van der Waals surface area contributed by atoms with Gasteiger partial charge in [0.1, 0.15) is 22.9 Å². The van der Waals surface area contributed by atoms with Crippen molar-refractivity contribution in [1.82, 2.24) is 29.4 Å². The average Bonchev–Trinajstić information content (AvgIpc) is 3.87. The molecule has 6 heterocycles. The number of aromatic nitrogens is 2. The third-order valence-electron chi connectivity index (χ3n) is 8.23. The second kappa shape index (κ2) is 14.5. The van der Waals surface area contributed by atoms with Crippen LogP contribution in [0.3, 0.4) is 0 Å². The number of carbonyl (C=O) groups is 6. The number of nitrogens with zero attached hydrogens (tertiary/aromatic N) is 6. The number of rotatable bonds is 8. The molecule has 1 aromatic heterocycles. The Morgan fingerprint density at radius 2 is 2.02 bits per heavy atom. The van der Waals surface area contributed by atoms with E-state index in [-0.39, 0.29) is 47.6 Å². The topological polar surface area (TPSA) is 247 Å². The number of esters is 1. The number of nitrogen functional groups attached to an aromatic ring is 1. The molecule has 0 bridgehead atoms. The van der Waals surface area contributed by atoms with Crippen LogP contribution in [0.2, 0.25) is 0 Å². The molecule has 260 valence electrons. The number of carbonyl (C=O) groups excluding carboxylic acids is 5. The summed E-state index contributed by atoms with van der Waals surface area (Å²) < 4.78 is 14.0. The number of nitrogens with two attached hydrogens (primary N) is 1. The Morgan fingerprint density at radius 3 is 2.59 bits per heavy atom. The molecule has 6 rings (SSSR count). The number of nitrogens with one attached hydrogen (secondary N) is 1. The molecule has 5 aliphatic heterocycles. The number of oxime groups is 1. The van der Waals surface area contributed by atoms with Gasteiger partial charge >= 0.3 is 18.0 Å². The van der Waals surface area contributed by atoms with Crippen molar-refractivity contribution in [3.63, 3.8) is 0 Å². The maximum Gasteiger partial charge on any atom is 0.410 e. The highest BCUT2D eigenvalue weighted by atomic mass is 32.2. The van der Waals surface area contributed by atoms with Gasteiger partial charge in [-0.1, -0.05) is 24.4 Å². The second-order valence-electron chi connectivity index (χ2n) is 11.3. The van der Waals surface area contributed by atoms with Crippen LogP contribution < -0.4 is 11.1 Å². The molecule has 0 spiro atoms. The van der Waals surface area contributed by atoms with E-state index in [0.717, 1.165) is 28.4 Å². The number of cyclic esters (lactones) is 1. The van der Waals surface area contributed by atoms with Crippen molar-refractivity contribution >= 4 is 69.9 Å². The lowest BCUT2D eigenvalue weighted by Crippen LogP contribution is -2.71. The smallest absolute Gasteiger partial charge is 0.410 e. The first kappa shape index (κ1) is 35.1. The summed E-state index contributed by atoms with van der Waals surface area (Å²) in [5, 5.41) is 23.2. The monoisotopic (exact) mass is 716 g/mol. The van der Waals surface area contributed by atoms with E-state index in [1.807, 2.05) is 0 Å². The van der Waals surface area contributed by atoms with E-state index in [9.17, 15) is 33.9 Å². The molecule has 0 radical (unpaired) electrons. The molecule has 0 aliphatic carbocycles. The SMILES string of the molecule is C=C1CCN([C@@H]2CCN(C(=O)OCC3=C(C)CC(=O)O3)C2)C1=O.C=CC1=C(C(=O)O)N2C(=O)[C@@H](NC(=O)/C(=N\O)c3nsc(N)n3)[C@H]2SC1. The number of allylic oxidation sites excluding steroid dienone is 1. The van der Waals surface area contributed by atoms with E-state index >= 15 is 0 Å². The van der Waals surface area contributed by atoms with Crippen LogP contribution in [-0.2, 0) is 33.4 Å². The van der Waals surface area contributed by atoms with Gasteiger partial charge in [-0.15, -0.1) is 11.8 Å². The van der Waals surface area contributed by atoms with Crippen LogP contribution in [0.5, 0.6) is 0 Å². The Bertz CT molecular complexity index is 1740. The molecule has 3 fully saturated rings. The maximum atomic E-state index is 12.4. The molecule has 3 atom stereocenters. The predicted molar refractivity (Wildman–Crippen MR) is 173 cm³/mol. The quantitative estimate of drug-likeness (QED) is 0.0712. The first-order chi connectivity index (χ1) is 23.3. The van der Waals surface area contributed by atoms with Gasteiger partial charge in [0, 0.05) is 42.5 Å². The number of likely N-dealkylation sites (tertiary alicyclic amines) is 2. The fourth-order valence-electron chi connectivity index (χ4n) is 5.66. The second-order valence-corrected chi connectivity index (χ2v) is 13.2. The van der Waals surface area contributed by atoms with Gasteiger partial charge in [0.05, 0.1) is 12.5 Å². The van der Waals surface area contributed by atoms with Crippen molar-refractivity contribution in [2.75, 3.05) is 37.7 Å². The van der Waals surface area contributed by atoms with Gasteiger partial charge in [0.15, 0.2) is 11.7 Å². The molecular formula is C29H32N8O10S2. The van der Waals surface area contributed by atoms with Crippen LogP contribution in [0.4, 0.5) is 9.93 Å². The minimum absolute atomic E-state index is 0.0103. The number of anilines is 1. The Morgan fingerprint density at radius 1 is 1.27 bits per heavy atom. The molecule has 0 unspecified atom stereocenters. The fourth-order valence-corrected chi connectivity index (χ4v) is 7.43. The van der Waals surface area contributed by atoms with Gasteiger partial charge < -0.3 is 40.6 Å². The summed E-state index contributed by atoms with van der Waals surface area (Å²) in [4.78, 5) is 79.6. The largest absolute Gasteiger partial charge is 0.477 e. The van der Waals surface area contributed by atoms with Crippen LogP contribution in [0, 0.1) is 0 Å². The normalized spacial score (nSPS) is 23.6. The molecule has 0 aromatic carbocycles. The number of fused-ring (bicyclic) bond motifs is 1. The van der Waals surface area contributed by atoms with Crippen molar-refractivity contribution in [2.45, 2.75) is 43.6 Å². The maximum absolute atomic E-state index is 12.4.